The number of carbonyl (C=O) groups is 1. The molecule has 0 amide bonds. The monoisotopic (exact) mass is 401 g/mol. The van der Waals surface area contributed by atoms with Crippen LogP contribution in [-0.4, -0.2) is 38.4 Å². The Morgan fingerprint density at radius 2 is 2.04 bits per heavy atom. The molecular formula is C22H27NO4S. The van der Waals surface area contributed by atoms with Crippen molar-refractivity contribution in [2.45, 2.75) is 38.0 Å². The van der Waals surface area contributed by atoms with E-state index in [0.29, 0.717) is 24.6 Å². The van der Waals surface area contributed by atoms with Crippen LogP contribution in [0.1, 0.15) is 31.7 Å². The van der Waals surface area contributed by atoms with Gasteiger partial charge in [-0.05, 0) is 56.4 Å². The third-order valence-electron chi connectivity index (χ3n) is 5.06. The number of sulfonamides is 1. The maximum atomic E-state index is 13.1. The first-order valence-corrected chi connectivity index (χ1v) is 11.2. The quantitative estimate of drug-likeness (QED) is 0.438. The molecule has 0 aromatic heterocycles. The Balaban J connectivity index is 1.89. The van der Waals surface area contributed by atoms with Crippen molar-refractivity contribution in [2.24, 2.45) is 5.92 Å². The molecule has 1 saturated heterocycles. The van der Waals surface area contributed by atoms with E-state index in [1.54, 1.807) is 19.1 Å². The molecule has 1 aromatic rings. The third-order valence-corrected chi connectivity index (χ3v) is 6.89. The number of rotatable bonds is 4. The standard InChI is InChI=1S/C22H27NO4S/c1-3-27-22(24)14-18-7-5-4-6-8-19-15-23(16-20(19)13-18)28(25,26)21-11-9-17(2)10-12-21/h6,8-14,19H,3-5,7,15-16H2,1-2H3/b8-6-,18-14-,20-13-. The Morgan fingerprint density at radius 1 is 1.29 bits per heavy atom. The minimum absolute atomic E-state index is 0.0314. The zero-order valence-corrected chi connectivity index (χ0v) is 17.2. The van der Waals surface area contributed by atoms with Crippen LogP contribution in [0.25, 0.3) is 0 Å². The number of esters is 1. The van der Waals surface area contributed by atoms with E-state index in [1.807, 2.05) is 25.1 Å². The molecule has 0 saturated carbocycles. The number of hydrogen-bond donors (Lipinski definition) is 0. The summed E-state index contributed by atoms with van der Waals surface area (Å²) in [5.74, 6) is -0.316. The minimum Gasteiger partial charge on any atom is -0.463 e. The third kappa shape index (κ3) is 4.80. The Bertz CT molecular complexity index is 910. The normalized spacial score (nSPS) is 25.1. The second kappa shape index (κ2) is 8.88. The summed E-state index contributed by atoms with van der Waals surface area (Å²) < 4.78 is 32.7. The van der Waals surface area contributed by atoms with Gasteiger partial charge < -0.3 is 4.74 Å². The largest absolute Gasteiger partial charge is 0.463 e. The van der Waals surface area contributed by atoms with E-state index in [9.17, 15) is 13.2 Å². The van der Waals surface area contributed by atoms with Gasteiger partial charge in [0.25, 0.3) is 0 Å². The van der Waals surface area contributed by atoms with Crippen LogP contribution in [0.3, 0.4) is 0 Å². The van der Waals surface area contributed by atoms with Gasteiger partial charge in [0.15, 0.2) is 0 Å². The molecule has 0 N–H and O–H groups in total. The number of carbonyl (C=O) groups excluding carboxylic acids is 1. The molecule has 150 valence electrons. The first-order chi connectivity index (χ1) is 13.4. The number of aryl methyl sites for hydroxylation is 1. The van der Waals surface area contributed by atoms with Gasteiger partial charge in [-0.15, -0.1) is 0 Å². The molecule has 1 aliphatic heterocycles. The smallest absolute Gasteiger partial charge is 0.331 e. The van der Waals surface area contributed by atoms with Crippen molar-refractivity contribution < 1.29 is 17.9 Å². The Kier molecular flexibility index (Phi) is 6.52. The number of nitrogens with zero attached hydrogens (tertiary/aromatic N) is 1. The van der Waals surface area contributed by atoms with E-state index in [1.165, 1.54) is 10.4 Å². The predicted molar refractivity (Wildman–Crippen MR) is 109 cm³/mol. The fourth-order valence-corrected chi connectivity index (χ4v) is 5.00. The minimum atomic E-state index is -3.55. The molecule has 1 heterocycles. The van der Waals surface area contributed by atoms with Crippen molar-refractivity contribution in [2.75, 3.05) is 19.7 Å². The van der Waals surface area contributed by atoms with E-state index < -0.39 is 10.0 Å². The lowest BCUT2D eigenvalue weighted by molar-refractivity contribution is -0.137. The predicted octanol–water partition coefficient (Wildman–Crippen LogP) is 3.77. The molecule has 0 bridgehead atoms. The lowest BCUT2D eigenvalue weighted by atomic mass is 9.99. The molecule has 28 heavy (non-hydrogen) atoms. The summed E-state index contributed by atoms with van der Waals surface area (Å²) in [7, 11) is -3.55. The first kappa shape index (κ1) is 20.6. The number of fused-ring (bicyclic) bond motifs is 1. The SMILES string of the molecule is CCOC(=O)/C=C1\C=C2\CN(S(=O)(=O)c3ccc(C)cc3)CC2/C=C\CCC1. The van der Waals surface area contributed by atoms with Crippen LogP contribution >= 0.6 is 0 Å². The fourth-order valence-electron chi connectivity index (χ4n) is 3.55. The topological polar surface area (TPSA) is 63.7 Å². The maximum Gasteiger partial charge on any atom is 0.331 e. The number of ether oxygens (including phenoxy) is 1. The molecule has 2 aliphatic rings. The number of hydrogen-bond acceptors (Lipinski definition) is 4. The zero-order chi connectivity index (χ0) is 20.1. The summed E-state index contributed by atoms with van der Waals surface area (Å²) in [5, 5.41) is 0. The van der Waals surface area contributed by atoms with Crippen LogP contribution in [0.2, 0.25) is 0 Å². The molecule has 1 unspecified atom stereocenters. The Labute approximate surface area is 167 Å². The van der Waals surface area contributed by atoms with Crippen LogP contribution in [0.5, 0.6) is 0 Å². The molecule has 0 spiro atoms. The van der Waals surface area contributed by atoms with Crippen molar-refractivity contribution in [3.8, 4) is 0 Å². The van der Waals surface area contributed by atoms with Gasteiger partial charge in [0.2, 0.25) is 10.0 Å². The highest BCUT2D eigenvalue weighted by molar-refractivity contribution is 7.89. The van der Waals surface area contributed by atoms with Gasteiger partial charge >= 0.3 is 5.97 Å². The Morgan fingerprint density at radius 3 is 2.75 bits per heavy atom. The van der Waals surface area contributed by atoms with Gasteiger partial charge in [-0.3, -0.25) is 0 Å². The average molecular weight is 402 g/mol. The van der Waals surface area contributed by atoms with Gasteiger partial charge in [-0.2, -0.15) is 4.31 Å². The fraction of sp³-hybridized carbons (Fsp3) is 0.409. The molecule has 1 fully saturated rings. The van der Waals surface area contributed by atoms with Crippen molar-refractivity contribution in [3.63, 3.8) is 0 Å². The highest BCUT2D eigenvalue weighted by Gasteiger charge is 2.34. The Hall–Kier alpha value is -2.18. The molecule has 6 heteroatoms. The molecule has 1 aliphatic carbocycles. The molecular weight excluding hydrogens is 374 g/mol. The summed E-state index contributed by atoms with van der Waals surface area (Å²) in [4.78, 5) is 12.2. The number of allylic oxidation sites excluding steroid dienone is 3. The highest BCUT2D eigenvalue weighted by Crippen LogP contribution is 2.32. The van der Waals surface area contributed by atoms with Crippen molar-refractivity contribution in [1.29, 1.82) is 0 Å². The van der Waals surface area contributed by atoms with Gasteiger partial charge in [-0.1, -0.05) is 35.9 Å². The van der Waals surface area contributed by atoms with Crippen LogP contribution in [0.15, 0.2) is 64.6 Å². The van der Waals surface area contributed by atoms with Crippen LogP contribution in [0.4, 0.5) is 0 Å². The van der Waals surface area contributed by atoms with Gasteiger partial charge in [0, 0.05) is 25.1 Å². The summed E-state index contributed by atoms with van der Waals surface area (Å²) in [5.41, 5.74) is 2.94. The van der Waals surface area contributed by atoms with Gasteiger partial charge in [-0.25, -0.2) is 13.2 Å². The van der Waals surface area contributed by atoms with Crippen LogP contribution in [0, 0.1) is 12.8 Å². The second-order valence-electron chi connectivity index (χ2n) is 7.23. The van der Waals surface area contributed by atoms with E-state index in [2.05, 4.69) is 12.2 Å². The molecule has 5 nitrogen and oxygen atoms in total. The van der Waals surface area contributed by atoms with Gasteiger partial charge in [0.1, 0.15) is 0 Å². The van der Waals surface area contributed by atoms with E-state index in [0.717, 1.165) is 36.0 Å². The summed E-state index contributed by atoms with van der Waals surface area (Å²) in [6.07, 6.45) is 10.4. The van der Waals surface area contributed by atoms with Crippen molar-refractivity contribution in [3.05, 3.63) is 65.3 Å². The van der Waals surface area contributed by atoms with Crippen LogP contribution in [-0.2, 0) is 19.6 Å². The first-order valence-electron chi connectivity index (χ1n) is 9.71. The van der Waals surface area contributed by atoms with Crippen molar-refractivity contribution in [1.82, 2.24) is 4.31 Å². The lowest BCUT2D eigenvalue weighted by Gasteiger charge is -2.16. The zero-order valence-electron chi connectivity index (χ0n) is 16.4. The number of benzene rings is 1. The molecule has 0 radical (unpaired) electrons. The highest BCUT2D eigenvalue weighted by atomic mass is 32.2. The summed E-state index contributed by atoms with van der Waals surface area (Å²) in [6.45, 7) is 4.81. The van der Waals surface area contributed by atoms with E-state index in [4.69, 9.17) is 4.74 Å². The van der Waals surface area contributed by atoms with Crippen molar-refractivity contribution >= 4 is 16.0 Å². The molecule has 1 aromatic carbocycles. The second-order valence-corrected chi connectivity index (χ2v) is 9.17. The van der Waals surface area contributed by atoms with Gasteiger partial charge in [0.05, 0.1) is 11.5 Å². The summed E-state index contributed by atoms with van der Waals surface area (Å²) in [6, 6.07) is 6.95. The lowest BCUT2D eigenvalue weighted by Crippen LogP contribution is -2.28. The molecule has 1 atom stereocenters. The average Bonchev–Trinajstić information content (AvgIpc) is 3.07. The molecule has 3 rings (SSSR count). The van der Waals surface area contributed by atoms with Crippen LogP contribution < -0.4 is 0 Å². The van der Waals surface area contributed by atoms with E-state index in [-0.39, 0.29) is 11.9 Å². The maximum absolute atomic E-state index is 13.1. The van der Waals surface area contributed by atoms with E-state index >= 15 is 0 Å². The summed E-state index contributed by atoms with van der Waals surface area (Å²) >= 11 is 0.